The van der Waals surface area contributed by atoms with E-state index in [2.05, 4.69) is 0 Å². The van der Waals surface area contributed by atoms with E-state index in [1.807, 2.05) is 38.5 Å². The Labute approximate surface area is 98.6 Å². The van der Waals surface area contributed by atoms with Crippen LogP contribution in [0.15, 0.2) is 35.8 Å². The Morgan fingerprint density at radius 3 is 2.06 bits per heavy atom. The number of rotatable bonds is 5. The Morgan fingerprint density at radius 2 is 1.56 bits per heavy atom. The minimum atomic E-state index is 0.682. The number of allylic oxidation sites excluding steroid dienone is 3. The predicted octanol–water partition coefficient (Wildman–Crippen LogP) is 3.96. The molecule has 16 heavy (non-hydrogen) atoms. The van der Waals surface area contributed by atoms with E-state index in [1.165, 1.54) is 11.1 Å². The van der Waals surface area contributed by atoms with Crippen LogP contribution in [0, 0.1) is 0 Å². The maximum absolute atomic E-state index is 5.43. The van der Waals surface area contributed by atoms with Crippen LogP contribution in [0.5, 0.6) is 0 Å². The quantitative estimate of drug-likeness (QED) is 0.398. The smallest absolute Gasteiger partial charge is 0.105 e. The highest BCUT2D eigenvalue weighted by molar-refractivity contribution is 5.13. The summed E-state index contributed by atoms with van der Waals surface area (Å²) in [5.74, 6) is 0. The second-order valence-electron chi connectivity index (χ2n) is 3.91. The summed E-state index contributed by atoms with van der Waals surface area (Å²) >= 11 is 0. The van der Waals surface area contributed by atoms with Crippen LogP contribution in [0.1, 0.15) is 39.5 Å². The van der Waals surface area contributed by atoms with E-state index < -0.39 is 0 Å². The lowest BCUT2D eigenvalue weighted by molar-refractivity contribution is 0.262. The lowest BCUT2D eigenvalue weighted by atomic mass is 9.92. The van der Waals surface area contributed by atoms with Crippen LogP contribution in [0.2, 0.25) is 0 Å². The first-order valence-electron chi connectivity index (χ1n) is 6.07. The standard InChI is InChI=1S/C14H22O2/c1-3-5-10-16-12-14-8-6-13(7-9-14)11-15-4-2/h3,5,11-12H,4,6-10H2,1-2H3/b5-3+,13-11?,14-12?. The summed E-state index contributed by atoms with van der Waals surface area (Å²) in [6.45, 7) is 5.46. The molecule has 0 aliphatic heterocycles. The Hall–Kier alpha value is -1.18. The molecule has 0 aromatic rings. The van der Waals surface area contributed by atoms with Crippen molar-refractivity contribution < 1.29 is 9.47 Å². The summed E-state index contributed by atoms with van der Waals surface area (Å²) < 4.78 is 10.7. The summed E-state index contributed by atoms with van der Waals surface area (Å²) in [5.41, 5.74) is 2.84. The van der Waals surface area contributed by atoms with Crippen molar-refractivity contribution in [1.29, 1.82) is 0 Å². The first-order chi connectivity index (χ1) is 7.86. The first kappa shape index (κ1) is 12.9. The van der Waals surface area contributed by atoms with Gasteiger partial charge < -0.3 is 9.47 Å². The molecule has 0 N–H and O–H groups in total. The second-order valence-corrected chi connectivity index (χ2v) is 3.91. The van der Waals surface area contributed by atoms with Gasteiger partial charge in [-0.15, -0.1) is 0 Å². The van der Waals surface area contributed by atoms with Crippen LogP contribution in [0.3, 0.4) is 0 Å². The average molecular weight is 222 g/mol. The highest BCUT2D eigenvalue weighted by Crippen LogP contribution is 2.27. The zero-order valence-corrected chi connectivity index (χ0v) is 10.4. The summed E-state index contributed by atoms with van der Waals surface area (Å²) in [5, 5.41) is 0. The van der Waals surface area contributed by atoms with Crippen molar-refractivity contribution in [2.45, 2.75) is 39.5 Å². The van der Waals surface area contributed by atoms with Crippen LogP contribution >= 0.6 is 0 Å². The lowest BCUT2D eigenvalue weighted by Gasteiger charge is -2.16. The molecule has 0 aromatic carbocycles. The minimum absolute atomic E-state index is 0.682. The van der Waals surface area contributed by atoms with E-state index in [9.17, 15) is 0 Å². The maximum Gasteiger partial charge on any atom is 0.105 e. The fraction of sp³-hybridized carbons (Fsp3) is 0.571. The van der Waals surface area contributed by atoms with Gasteiger partial charge in [0, 0.05) is 0 Å². The van der Waals surface area contributed by atoms with E-state index in [1.54, 1.807) is 0 Å². The third kappa shape index (κ3) is 5.06. The van der Waals surface area contributed by atoms with Crippen molar-refractivity contribution in [2.75, 3.05) is 13.2 Å². The third-order valence-electron chi connectivity index (χ3n) is 2.63. The molecule has 2 heteroatoms. The van der Waals surface area contributed by atoms with Gasteiger partial charge >= 0.3 is 0 Å². The van der Waals surface area contributed by atoms with Crippen molar-refractivity contribution >= 4 is 0 Å². The molecule has 0 aromatic heterocycles. The molecule has 90 valence electrons. The normalized spacial score (nSPS) is 16.4. The number of hydrogen-bond acceptors (Lipinski definition) is 2. The molecule has 0 spiro atoms. The lowest BCUT2D eigenvalue weighted by Crippen LogP contribution is -1.99. The SMILES string of the molecule is C/C=C/COC=C1CCC(=COCC)CC1. The number of ether oxygens (including phenoxy) is 2. The highest BCUT2D eigenvalue weighted by Gasteiger charge is 2.10. The Kier molecular flexibility index (Phi) is 6.47. The van der Waals surface area contributed by atoms with Crippen LogP contribution in [0.25, 0.3) is 0 Å². The molecule has 0 heterocycles. The Bertz CT molecular complexity index is 262. The van der Waals surface area contributed by atoms with Gasteiger partial charge in [-0.1, -0.05) is 12.2 Å². The summed E-state index contributed by atoms with van der Waals surface area (Å²) in [6.07, 6.45) is 12.3. The van der Waals surface area contributed by atoms with Crippen LogP contribution < -0.4 is 0 Å². The fourth-order valence-corrected chi connectivity index (χ4v) is 1.65. The van der Waals surface area contributed by atoms with Gasteiger partial charge in [-0.3, -0.25) is 0 Å². The minimum Gasteiger partial charge on any atom is -0.502 e. The fourth-order valence-electron chi connectivity index (χ4n) is 1.65. The van der Waals surface area contributed by atoms with Crippen molar-refractivity contribution in [2.24, 2.45) is 0 Å². The molecular weight excluding hydrogens is 200 g/mol. The largest absolute Gasteiger partial charge is 0.502 e. The number of hydrogen-bond donors (Lipinski definition) is 0. The van der Waals surface area contributed by atoms with Gasteiger partial charge in [0.25, 0.3) is 0 Å². The molecule has 0 atom stereocenters. The molecule has 1 rings (SSSR count). The van der Waals surface area contributed by atoms with Crippen molar-refractivity contribution in [3.8, 4) is 0 Å². The van der Waals surface area contributed by atoms with Crippen LogP contribution in [-0.4, -0.2) is 13.2 Å². The molecule has 1 aliphatic carbocycles. The summed E-state index contributed by atoms with van der Waals surface area (Å²) in [6, 6.07) is 0. The van der Waals surface area contributed by atoms with Crippen molar-refractivity contribution in [3.05, 3.63) is 35.8 Å². The molecule has 0 saturated heterocycles. The van der Waals surface area contributed by atoms with Gasteiger partial charge in [0.2, 0.25) is 0 Å². The highest BCUT2D eigenvalue weighted by atomic mass is 16.5. The molecule has 1 saturated carbocycles. The third-order valence-corrected chi connectivity index (χ3v) is 2.63. The maximum atomic E-state index is 5.43. The van der Waals surface area contributed by atoms with Crippen LogP contribution in [-0.2, 0) is 9.47 Å². The molecule has 1 fully saturated rings. The molecular formula is C14H22O2. The zero-order valence-electron chi connectivity index (χ0n) is 10.4. The second kappa shape index (κ2) is 8.03. The van der Waals surface area contributed by atoms with Gasteiger partial charge in [-0.25, -0.2) is 0 Å². The Balaban J connectivity index is 2.25. The van der Waals surface area contributed by atoms with E-state index in [4.69, 9.17) is 9.47 Å². The predicted molar refractivity (Wildman–Crippen MR) is 67.0 cm³/mol. The summed E-state index contributed by atoms with van der Waals surface area (Å²) in [7, 11) is 0. The first-order valence-corrected chi connectivity index (χ1v) is 6.07. The zero-order chi connectivity index (χ0) is 11.6. The van der Waals surface area contributed by atoms with Gasteiger partial charge in [0.1, 0.15) is 6.61 Å². The van der Waals surface area contributed by atoms with Gasteiger partial charge in [0.05, 0.1) is 19.1 Å². The summed E-state index contributed by atoms with van der Waals surface area (Å²) in [4.78, 5) is 0. The molecule has 1 aliphatic rings. The van der Waals surface area contributed by atoms with E-state index in [-0.39, 0.29) is 0 Å². The van der Waals surface area contributed by atoms with E-state index >= 15 is 0 Å². The van der Waals surface area contributed by atoms with E-state index in [0.717, 1.165) is 32.3 Å². The van der Waals surface area contributed by atoms with Crippen molar-refractivity contribution in [1.82, 2.24) is 0 Å². The van der Waals surface area contributed by atoms with Crippen LogP contribution in [0.4, 0.5) is 0 Å². The molecule has 0 bridgehead atoms. The molecule has 0 radical (unpaired) electrons. The molecule has 0 unspecified atom stereocenters. The van der Waals surface area contributed by atoms with Gasteiger partial charge in [0.15, 0.2) is 0 Å². The average Bonchev–Trinajstić information content (AvgIpc) is 2.33. The monoisotopic (exact) mass is 222 g/mol. The molecule has 0 amide bonds. The molecule has 2 nitrogen and oxygen atoms in total. The van der Waals surface area contributed by atoms with E-state index in [0.29, 0.717) is 6.61 Å². The van der Waals surface area contributed by atoms with Gasteiger partial charge in [-0.05, 0) is 50.7 Å². The van der Waals surface area contributed by atoms with Crippen molar-refractivity contribution in [3.63, 3.8) is 0 Å². The topological polar surface area (TPSA) is 18.5 Å². The Morgan fingerprint density at radius 1 is 1.00 bits per heavy atom. The van der Waals surface area contributed by atoms with Gasteiger partial charge in [-0.2, -0.15) is 0 Å².